The van der Waals surface area contributed by atoms with Gasteiger partial charge in [-0.05, 0) is 32.1 Å². The molecule has 0 saturated heterocycles. The summed E-state index contributed by atoms with van der Waals surface area (Å²) in [6, 6.07) is 8.69. The number of benzene rings is 1. The van der Waals surface area contributed by atoms with Gasteiger partial charge in [0.1, 0.15) is 0 Å². The van der Waals surface area contributed by atoms with Crippen molar-refractivity contribution in [3.8, 4) is 0 Å². The van der Waals surface area contributed by atoms with Gasteiger partial charge in [-0.1, -0.05) is 24.3 Å². The summed E-state index contributed by atoms with van der Waals surface area (Å²) in [5.74, 6) is 0.791. The van der Waals surface area contributed by atoms with Crippen LogP contribution in [0.3, 0.4) is 0 Å². The Bertz CT molecular complexity index is 452. The van der Waals surface area contributed by atoms with Gasteiger partial charge in [-0.25, -0.2) is 0 Å². The van der Waals surface area contributed by atoms with Gasteiger partial charge in [-0.3, -0.25) is 4.99 Å². The topological polar surface area (TPSA) is 48.9 Å². The molecule has 0 spiro atoms. The first-order chi connectivity index (χ1) is 10.1. The summed E-state index contributed by atoms with van der Waals surface area (Å²) in [4.78, 5) is 6.42. The van der Waals surface area contributed by atoms with Crippen LogP contribution in [0.4, 0.5) is 0 Å². The molecular formula is C16H29IN4O. The van der Waals surface area contributed by atoms with E-state index in [2.05, 4.69) is 65.8 Å². The Morgan fingerprint density at radius 3 is 2.45 bits per heavy atom. The van der Waals surface area contributed by atoms with E-state index < -0.39 is 0 Å². The zero-order valence-electron chi connectivity index (χ0n) is 14.2. The molecule has 0 fully saturated rings. The zero-order chi connectivity index (χ0) is 15.7. The van der Waals surface area contributed by atoms with E-state index in [1.54, 1.807) is 14.2 Å². The third kappa shape index (κ3) is 7.95. The minimum atomic E-state index is 0. The molecule has 0 aliphatic carbocycles. The number of guanidine groups is 1. The normalized spacial score (nSPS) is 12.7. The van der Waals surface area contributed by atoms with E-state index in [1.807, 2.05) is 0 Å². The van der Waals surface area contributed by atoms with E-state index in [9.17, 15) is 0 Å². The molecule has 0 bridgehead atoms. The Hall–Kier alpha value is -0.860. The van der Waals surface area contributed by atoms with Crippen molar-refractivity contribution < 1.29 is 4.74 Å². The van der Waals surface area contributed by atoms with Crippen LogP contribution < -0.4 is 10.6 Å². The molecule has 2 N–H and O–H groups in total. The van der Waals surface area contributed by atoms with Gasteiger partial charge in [0, 0.05) is 33.3 Å². The number of rotatable bonds is 7. The van der Waals surface area contributed by atoms with E-state index in [1.165, 1.54) is 11.1 Å². The highest BCUT2D eigenvalue weighted by Crippen LogP contribution is 2.10. The van der Waals surface area contributed by atoms with Gasteiger partial charge in [-0.2, -0.15) is 0 Å². The fourth-order valence-corrected chi connectivity index (χ4v) is 2.12. The number of hydrogen-bond acceptors (Lipinski definition) is 3. The van der Waals surface area contributed by atoms with Crippen LogP contribution in [0.2, 0.25) is 0 Å². The lowest BCUT2D eigenvalue weighted by Gasteiger charge is -2.19. The third-order valence-corrected chi connectivity index (χ3v) is 3.07. The molecule has 6 heteroatoms. The number of methoxy groups -OCH3 is 1. The molecule has 0 aliphatic rings. The predicted molar refractivity (Wildman–Crippen MR) is 104 cm³/mol. The van der Waals surface area contributed by atoms with Crippen molar-refractivity contribution >= 4 is 29.9 Å². The molecule has 1 unspecified atom stereocenters. The molecule has 1 aromatic rings. The number of halogens is 1. The van der Waals surface area contributed by atoms with E-state index in [-0.39, 0.29) is 30.0 Å². The van der Waals surface area contributed by atoms with Gasteiger partial charge in [0.15, 0.2) is 5.96 Å². The second kappa shape index (κ2) is 11.7. The maximum absolute atomic E-state index is 5.12. The van der Waals surface area contributed by atoms with Gasteiger partial charge in [0.05, 0.1) is 6.61 Å². The lowest BCUT2D eigenvalue weighted by Crippen LogP contribution is -2.43. The summed E-state index contributed by atoms with van der Waals surface area (Å²) in [5.41, 5.74) is 2.61. The molecule has 5 nitrogen and oxygen atoms in total. The van der Waals surface area contributed by atoms with Gasteiger partial charge in [0.2, 0.25) is 0 Å². The molecule has 0 radical (unpaired) electrons. The van der Waals surface area contributed by atoms with Crippen LogP contribution in [-0.4, -0.2) is 51.8 Å². The number of hydrogen-bond donors (Lipinski definition) is 2. The first-order valence-corrected chi connectivity index (χ1v) is 7.24. The zero-order valence-corrected chi connectivity index (χ0v) is 16.5. The van der Waals surface area contributed by atoms with Gasteiger partial charge < -0.3 is 20.3 Å². The summed E-state index contributed by atoms with van der Waals surface area (Å²) < 4.78 is 5.12. The average molecular weight is 420 g/mol. The third-order valence-electron chi connectivity index (χ3n) is 3.07. The molecule has 1 aromatic carbocycles. The van der Waals surface area contributed by atoms with Crippen LogP contribution >= 0.6 is 24.0 Å². The smallest absolute Gasteiger partial charge is 0.191 e. The maximum Gasteiger partial charge on any atom is 0.191 e. The minimum absolute atomic E-state index is 0. The first-order valence-electron chi connectivity index (χ1n) is 7.24. The Labute approximate surface area is 151 Å². The summed E-state index contributed by atoms with van der Waals surface area (Å²) in [7, 11) is 7.64. The van der Waals surface area contributed by atoms with Crippen molar-refractivity contribution in [2.24, 2.45) is 4.99 Å². The Kier molecular flexibility index (Phi) is 11.2. The van der Waals surface area contributed by atoms with E-state index in [0.29, 0.717) is 6.61 Å². The summed E-state index contributed by atoms with van der Waals surface area (Å²) in [6.45, 7) is 4.40. The second-order valence-corrected chi connectivity index (χ2v) is 5.43. The van der Waals surface area contributed by atoms with Crippen molar-refractivity contribution in [1.29, 1.82) is 0 Å². The van der Waals surface area contributed by atoms with Gasteiger partial charge in [-0.15, -0.1) is 24.0 Å². The van der Waals surface area contributed by atoms with E-state index in [0.717, 1.165) is 19.0 Å². The standard InChI is InChI=1S/C16H28N4O.HI/c1-13(12-21-5)19-16(17-2)18-10-14-8-6-7-9-15(14)11-20(3)4;/h6-9,13H,10-12H2,1-5H3,(H2,17,18,19);1H. The quantitative estimate of drug-likeness (QED) is 0.403. The van der Waals surface area contributed by atoms with Crippen molar-refractivity contribution in [2.45, 2.75) is 26.1 Å². The summed E-state index contributed by atoms with van der Waals surface area (Å²) in [5, 5.41) is 6.66. The molecule has 0 aromatic heterocycles. The molecule has 1 rings (SSSR count). The van der Waals surface area contributed by atoms with E-state index >= 15 is 0 Å². The monoisotopic (exact) mass is 420 g/mol. The number of aliphatic imine (C=N–C) groups is 1. The highest BCUT2D eigenvalue weighted by atomic mass is 127. The highest BCUT2D eigenvalue weighted by Gasteiger charge is 2.06. The largest absolute Gasteiger partial charge is 0.383 e. The second-order valence-electron chi connectivity index (χ2n) is 5.43. The molecule has 22 heavy (non-hydrogen) atoms. The van der Waals surface area contributed by atoms with Crippen molar-refractivity contribution in [2.75, 3.05) is 34.9 Å². The Balaban J connectivity index is 0.00000441. The molecule has 0 heterocycles. The number of nitrogens with one attached hydrogen (secondary N) is 2. The SMILES string of the molecule is CN=C(NCc1ccccc1CN(C)C)NC(C)COC.I. The van der Waals surface area contributed by atoms with Crippen LogP contribution in [0, 0.1) is 0 Å². The van der Waals surface area contributed by atoms with E-state index in [4.69, 9.17) is 4.74 Å². The minimum Gasteiger partial charge on any atom is -0.383 e. The number of nitrogens with zero attached hydrogens (tertiary/aromatic N) is 2. The van der Waals surface area contributed by atoms with Crippen LogP contribution in [0.5, 0.6) is 0 Å². The Morgan fingerprint density at radius 2 is 1.91 bits per heavy atom. The van der Waals surface area contributed by atoms with Crippen molar-refractivity contribution in [3.05, 3.63) is 35.4 Å². The lowest BCUT2D eigenvalue weighted by molar-refractivity contribution is 0.179. The van der Waals surface area contributed by atoms with Crippen LogP contribution in [0.15, 0.2) is 29.3 Å². The fraction of sp³-hybridized carbons (Fsp3) is 0.562. The van der Waals surface area contributed by atoms with Crippen molar-refractivity contribution in [1.82, 2.24) is 15.5 Å². The summed E-state index contributed by atoms with van der Waals surface area (Å²) in [6.07, 6.45) is 0. The molecule has 0 aliphatic heterocycles. The molecule has 1 atom stereocenters. The molecule has 126 valence electrons. The maximum atomic E-state index is 5.12. The van der Waals surface area contributed by atoms with Gasteiger partial charge in [0.25, 0.3) is 0 Å². The highest BCUT2D eigenvalue weighted by molar-refractivity contribution is 14.0. The van der Waals surface area contributed by atoms with Crippen LogP contribution in [-0.2, 0) is 17.8 Å². The van der Waals surface area contributed by atoms with Crippen LogP contribution in [0.1, 0.15) is 18.1 Å². The lowest BCUT2D eigenvalue weighted by atomic mass is 10.1. The molecule has 0 amide bonds. The first kappa shape index (κ1) is 21.1. The molecule has 0 saturated carbocycles. The Morgan fingerprint density at radius 1 is 1.27 bits per heavy atom. The molecular weight excluding hydrogens is 391 g/mol. The average Bonchev–Trinajstić information content (AvgIpc) is 2.44. The predicted octanol–water partition coefficient (Wildman–Crippen LogP) is 2.07. The van der Waals surface area contributed by atoms with Gasteiger partial charge >= 0.3 is 0 Å². The fourth-order valence-electron chi connectivity index (χ4n) is 2.12. The van der Waals surface area contributed by atoms with Crippen molar-refractivity contribution in [3.63, 3.8) is 0 Å². The summed E-state index contributed by atoms with van der Waals surface area (Å²) >= 11 is 0. The number of ether oxygens (including phenoxy) is 1. The van der Waals surface area contributed by atoms with Crippen LogP contribution in [0.25, 0.3) is 0 Å².